The van der Waals surface area contributed by atoms with Crippen LogP contribution < -0.4 is 0 Å². The molecule has 1 heterocycles. The van der Waals surface area contributed by atoms with Gasteiger partial charge >= 0.3 is 0 Å². The molecule has 2 heteroatoms. The quantitative estimate of drug-likeness (QED) is 0.688. The summed E-state index contributed by atoms with van der Waals surface area (Å²) in [6, 6.07) is 2.10. The highest BCUT2D eigenvalue weighted by atomic mass is 32.1. The summed E-state index contributed by atoms with van der Waals surface area (Å²) in [4.78, 5) is 14.4. The average molecular weight is 252 g/mol. The van der Waals surface area contributed by atoms with Gasteiger partial charge in [-0.2, -0.15) is 0 Å². The predicted molar refractivity (Wildman–Crippen MR) is 76.0 cm³/mol. The lowest BCUT2D eigenvalue weighted by molar-refractivity contribution is 0.0958. The fourth-order valence-corrected chi connectivity index (χ4v) is 3.42. The third-order valence-corrected chi connectivity index (χ3v) is 3.98. The van der Waals surface area contributed by atoms with Crippen molar-refractivity contribution >= 4 is 17.1 Å². The Morgan fingerprint density at radius 2 is 1.94 bits per heavy atom. The average Bonchev–Trinajstić information content (AvgIpc) is 2.41. The molecule has 96 valence electrons. The first kappa shape index (κ1) is 14.4. The molecule has 1 atom stereocenters. The number of ketones is 1. The Balaban J connectivity index is 2.64. The standard InChI is InChI=1S/C15H24OS/c1-10(9-15(4,5)6)7-13(16)14-11(2)8-12(3)17-14/h8,10H,7,9H2,1-6H3. The van der Waals surface area contributed by atoms with Crippen LogP contribution in [0.3, 0.4) is 0 Å². The van der Waals surface area contributed by atoms with Gasteiger partial charge in [0.2, 0.25) is 0 Å². The minimum atomic E-state index is 0.306. The lowest BCUT2D eigenvalue weighted by Crippen LogP contribution is -2.14. The highest BCUT2D eigenvalue weighted by Gasteiger charge is 2.20. The van der Waals surface area contributed by atoms with Gasteiger partial charge in [-0.1, -0.05) is 27.7 Å². The van der Waals surface area contributed by atoms with Crippen molar-refractivity contribution in [2.75, 3.05) is 0 Å². The molecule has 0 aliphatic heterocycles. The topological polar surface area (TPSA) is 17.1 Å². The van der Waals surface area contributed by atoms with Crippen molar-refractivity contribution < 1.29 is 4.79 Å². The van der Waals surface area contributed by atoms with Crippen LogP contribution in [0.25, 0.3) is 0 Å². The zero-order valence-corrected chi connectivity index (χ0v) is 12.7. The van der Waals surface area contributed by atoms with Crippen molar-refractivity contribution in [2.45, 2.75) is 54.4 Å². The van der Waals surface area contributed by atoms with Crippen LogP contribution in [0, 0.1) is 25.2 Å². The maximum Gasteiger partial charge on any atom is 0.173 e. The molecule has 1 aromatic heterocycles. The third kappa shape index (κ3) is 4.63. The Morgan fingerprint density at radius 3 is 2.35 bits per heavy atom. The number of carbonyl (C=O) groups excluding carboxylic acids is 1. The van der Waals surface area contributed by atoms with Crippen molar-refractivity contribution in [3.05, 3.63) is 21.4 Å². The van der Waals surface area contributed by atoms with E-state index in [2.05, 4.69) is 40.7 Å². The molecular weight excluding hydrogens is 228 g/mol. The van der Waals surface area contributed by atoms with Crippen LogP contribution >= 0.6 is 11.3 Å². The first-order valence-electron chi connectivity index (χ1n) is 6.29. The molecule has 0 N–H and O–H groups in total. The van der Waals surface area contributed by atoms with Crippen molar-refractivity contribution in [2.24, 2.45) is 11.3 Å². The predicted octanol–water partition coefficient (Wildman–Crippen LogP) is 5.01. The monoisotopic (exact) mass is 252 g/mol. The van der Waals surface area contributed by atoms with Gasteiger partial charge in [0, 0.05) is 11.3 Å². The second-order valence-electron chi connectivity index (χ2n) is 6.37. The second kappa shape index (κ2) is 5.34. The summed E-state index contributed by atoms with van der Waals surface area (Å²) in [5, 5.41) is 0. The van der Waals surface area contributed by atoms with Crippen molar-refractivity contribution in [1.82, 2.24) is 0 Å². The first-order chi connectivity index (χ1) is 7.69. The van der Waals surface area contributed by atoms with Gasteiger partial charge in [-0.3, -0.25) is 4.79 Å². The molecule has 0 amide bonds. The van der Waals surface area contributed by atoms with Gasteiger partial charge < -0.3 is 0 Å². The van der Waals surface area contributed by atoms with Crippen molar-refractivity contribution in [1.29, 1.82) is 0 Å². The smallest absolute Gasteiger partial charge is 0.173 e. The number of hydrogen-bond acceptors (Lipinski definition) is 2. The molecule has 0 fully saturated rings. The Bertz CT molecular complexity index is 396. The molecule has 0 aliphatic carbocycles. The lowest BCUT2D eigenvalue weighted by Gasteiger charge is -2.22. The molecule has 17 heavy (non-hydrogen) atoms. The molecule has 0 aromatic carbocycles. The zero-order valence-electron chi connectivity index (χ0n) is 11.9. The van der Waals surface area contributed by atoms with Crippen LogP contribution in [0.15, 0.2) is 6.07 Å². The molecule has 0 saturated heterocycles. The molecule has 0 spiro atoms. The molecule has 1 unspecified atom stereocenters. The summed E-state index contributed by atoms with van der Waals surface area (Å²) in [6.45, 7) is 13.0. The Kier molecular flexibility index (Phi) is 4.54. The van der Waals surface area contributed by atoms with E-state index in [1.54, 1.807) is 11.3 Å². The summed E-state index contributed by atoms with van der Waals surface area (Å²) < 4.78 is 0. The molecule has 0 saturated carbocycles. The number of Topliss-reactive ketones (excluding diaryl/α,β-unsaturated/α-hetero) is 1. The summed E-state index contributed by atoms with van der Waals surface area (Å²) >= 11 is 1.63. The van der Waals surface area contributed by atoms with E-state index in [1.807, 2.05) is 6.92 Å². The van der Waals surface area contributed by atoms with Gasteiger partial charge in [0.15, 0.2) is 5.78 Å². The van der Waals surface area contributed by atoms with Crippen LogP contribution in [-0.2, 0) is 0 Å². The fraction of sp³-hybridized carbons (Fsp3) is 0.667. The van der Waals surface area contributed by atoms with Gasteiger partial charge in [-0.25, -0.2) is 0 Å². The van der Waals surface area contributed by atoms with Crippen molar-refractivity contribution in [3.8, 4) is 0 Å². The Hall–Kier alpha value is -0.630. The molecular formula is C15H24OS. The SMILES string of the molecule is Cc1cc(C)c(C(=O)CC(C)CC(C)(C)C)s1. The molecule has 1 rings (SSSR count). The number of rotatable bonds is 4. The largest absolute Gasteiger partial charge is 0.293 e. The minimum absolute atomic E-state index is 0.306. The van der Waals surface area contributed by atoms with E-state index in [1.165, 1.54) is 4.88 Å². The summed E-state index contributed by atoms with van der Waals surface area (Å²) in [5.41, 5.74) is 1.44. The number of thiophene rings is 1. The van der Waals surface area contributed by atoms with E-state index in [-0.39, 0.29) is 0 Å². The van der Waals surface area contributed by atoms with Crippen LogP contribution in [-0.4, -0.2) is 5.78 Å². The van der Waals surface area contributed by atoms with Gasteiger partial charge in [-0.15, -0.1) is 11.3 Å². The highest BCUT2D eigenvalue weighted by molar-refractivity contribution is 7.14. The Labute approximate surface area is 109 Å². The van der Waals surface area contributed by atoms with E-state index >= 15 is 0 Å². The van der Waals surface area contributed by atoms with E-state index in [0.717, 1.165) is 16.9 Å². The minimum Gasteiger partial charge on any atom is -0.293 e. The van der Waals surface area contributed by atoms with Crippen LogP contribution in [0.2, 0.25) is 0 Å². The molecule has 0 bridgehead atoms. The molecule has 1 aromatic rings. The second-order valence-corrected chi connectivity index (χ2v) is 7.62. The number of aryl methyl sites for hydroxylation is 2. The number of hydrogen-bond donors (Lipinski definition) is 0. The van der Waals surface area contributed by atoms with Gasteiger partial charge in [-0.05, 0) is 43.2 Å². The van der Waals surface area contributed by atoms with Gasteiger partial charge in [0.25, 0.3) is 0 Å². The summed E-state index contributed by atoms with van der Waals surface area (Å²) in [7, 11) is 0. The van der Waals surface area contributed by atoms with E-state index in [0.29, 0.717) is 23.5 Å². The maximum atomic E-state index is 12.2. The van der Waals surface area contributed by atoms with E-state index < -0.39 is 0 Å². The van der Waals surface area contributed by atoms with E-state index in [9.17, 15) is 4.79 Å². The number of carbonyl (C=O) groups is 1. The summed E-state index contributed by atoms with van der Waals surface area (Å²) in [5.74, 6) is 0.779. The van der Waals surface area contributed by atoms with Gasteiger partial charge in [0.05, 0.1) is 4.88 Å². The highest BCUT2D eigenvalue weighted by Crippen LogP contribution is 2.29. The van der Waals surface area contributed by atoms with Crippen LogP contribution in [0.5, 0.6) is 0 Å². The molecule has 1 nitrogen and oxygen atoms in total. The van der Waals surface area contributed by atoms with Crippen LogP contribution in [0.4, 0.5) is 0 Å². The molecule has 0 radical (unpaired) electrons. The maximum absolute atomic E-state index is 12.2. The zero-order chi connectivity index (χ0) is 13.2. The fourth-order valence-electron chi connectivity index (χ4n) is 2.44. The van der Waals surface area contributed by atoms with Gasteiger partial charge in [0.1, 0.15) is 0 Å². The van der Waals surface area contributed by atoms with Crippen molar-refractivity contribution in [3.63, 3.8) is 0 Å². The third-order valence-electron chi connectivity index (χ3n) is 2.79. The van der Waals surface area contributed by atoms with Crippen LogP contribution in [0.1, 0.15) is 60.6 Å². The Morgan fingerprint density at radius 1 is 1.35 bits per heavy atom. The normalized spacial score (nSPS) is 13.8. The van der Waals surface area contributed by atoms with E-state index in [4.69, 9.17) is 0 Å². The first-order valence-corrected chi connectivity index (χ1v) is 7.11. The lowest BCUT2D eigenvalue weighted by atomic mass is 9.83. The molecule has 0 aliphatic rings. The summed E-state index contributed by atoms with van der Waals surface area (Å²) in [6.07, 6.45) is 1.78.